The van der Waals surface area contributed by atoms with Gasteiger partial charge in [0.15, 0.2) is 0 Å². The van der Waals surface area contributed by atoms with Gasteiger partial charge in [-0.25, -0.2) is 0 Å². The minimum atomic E-state index is 0.451. The van der Waals surface area contributed by atoms with E-state index in [4.69, 9.17) is 9.47 Å². The molecular weight excluding hydrogens is 471 g/mol. The molecule has 2 nitrogen and oxygen atoms in total. The molecule has 0 aromatic carbocycles. The van der Waals surface area contributed by atoms with E-state index < -0.39 is 0 Å². The third-order valence-electron chi connectivity index (χ3n) is 6.21. The van der Waals surface area contributed by atoms with Gasteiger partial charge in [0, 0.05) is 13.2 Å². The van der Waals surface area contributed by atoms with Crippen LogP contribution in [0.15, 0.2) is 0 Å². The summed E-state index contributed by atoms with van der Waals surface area (Å²) in [5.41, 5.74) is 0. The number of halogens is 1. The van der Waals surface area contributed by atoms with E-state index in [9.17, 15) is 0 Å². The zero-order chi connectivity index (χ0) is 22.1. The Balaban J connectivity index is 3.90. The Morgan fingerprint density at radius 1 is 0.586 bits per heavy atom. The Labute approximate surface area is 197 Å². The maximum atomic E-state index is 5.49. The summed E-state index contributed by atoms with van der Waals surface area (Å²) in [6.07, 6.45) is 12.2. The molecular formula is C26H53IO2. The highest BCUT2D eigenvalue weighted by atomic mass is 127. The summed E-state index contributed by atoms with van der Waals surface area (Å²) in [5, 5.41) is 0. The lowest BCUT2D eigenvalue weighted by molar-refractivity contribution is -0.0508. The molecule has 0 bridgehead atoms. The molecule has 0 saturated carbocycles. The van der Waals surface area contributed by atoms with Crippen LogP contribution in [0.4, 0.5) is 0 Å². The van der Waals surface area contributed by atoms with Gasteiger partial charge in [-0.15, -0.1) is 0 Å². The molecule has 0 rings (SSSR count). The zero-order valence-corrected chi connectivity index (χ0v) is 23.0. The van der Waals surface area contributed by atoms with E-state index in [2.05, 4.69) is 64.1 Å². The maximum absolute atomic E-state index is 5.49. The van der Waals surface area contributed by atoms with Gasteiger partial charge < -0.3 is 9.47 Å². The predicted molar refractivity (Wildman–Crippen MR) is 138 cm³/mol. The van der Waals surface area contributed by atoms with Gasteiger partial charge >= 0.3 is 0 Å². The van der Waals surface area contributed by atoms with Crippen LogP contribution < -0.4 is 0 Å². The van der Waals surface area contributed by atoms with Crippen molar-refractivity contribution in [3.63, 3.8) is 0 Å². The molecule has 0 amide bonds. The number of hydrogen-bond donors (Lipinski definition) is 0. The largest absolute Gasteiger partial charge is 0.356 e. The van der Waals surface area contributed by atoms with Crippen molar-refractivity contribution in [2.45, 2.75) is 106 Å². The van der Waals surface area contributed by atoms with Crippen LogP contribution in [0, 0.1) is 35.5 Å². The first kappa shape index (κ1) is 29.7. The average molecular weight is 525 g/mol. The summed E-state index contributed by atoms with van der Waals surface area (Å²) < 4.78 is 12.0. The standard InChI is InChI=1S/C26H53IO2/c1-8-28-20-29-14-10-12-22(3)16-24(5)18-26(7)19-25(6)17-23(4)15-21(2)11-9-13-27/h21-26H,8-20H2,1-7H3. The lowest BCUT2D eigenvalue weighted by atomic mass is 9.81. The second kappa shape index (κ2) is 19.3. The van der Waals surface area contributed by atoms with Crippen molar-refractivity contribution in [1.82, 2.24) is 0 Å². The van der Waals surface area contributed by atoms with Crippen molar-refractivity contribution in [3.8, 4) is 0 Å². The van der Waals surface area contributed by atoms with Crippen LogP contribution >= 0.6 is 22.6 Å². The van der Waals surface area contributed by atoms with Crippen molar-refractivity contribution < 1.29 is 9.47 Å². The normalized spacial score (nSPS) is 18.2. The molecule has 0 aromatic rings. The third-order valence-corrected chi connectivity index (χ3v) is 6.97. The summed E-state index contributed by atoms with van der Waals surface area (Å²) in [6.45, 7) is 18.8. The molecule has 0 radical (unpaired) electrons. The van der Waals surface area contributed by atoms with E-state index in [1.165, 1.54) is 55.8 Å². The van der Waals surface area contributed by atoms with Crippen molar-refractivity contribution in [3.05, 3.63) is 0 Å². The van der Waals surface area contributed by atoms with Crippen LogP contribution in [0.2, 0.25) is 0 Å². The van der Waals surface area contributed by atoms with E-state index in [0.29, 0.717) is 6.79 Å². The number of rotatable bonds is 20. The number of alkyl halides is 1. The first-order valence-corrected chi connectivity index (χ1v) is 14.0. The quantitative estimate of drug-likeness (QED) is 0.0686. The zero-order valence-electron chi connectivity index (χ0n) is 20.9. The topological polar surface area (TPSA) is 18.5 Å². The second-order valence-electron chi connectivity index (χ2n) is 10.3. The summed E-state index contributed by atoms with van der Waals surface area (Å²) in [5.74, 6) is 5.13. The number of hydrogen-bond acceptors (Lipinski definition) is 2. The van der Waals surface area contributed by atoms with Crippen LogP contribution in [-0.4, -0.2) is 24.4 Å². The highest BCUT2D eigenvalue weighted by Gasteiger charge is 2.17. The molecule has 6 atom stereocenters. The minimum Gasteiger partial charge on any atom is -0.356 e. The smallest absolute Gasteiger partial charge is 0.146 e. The molecule has 0 heterocycles. The lowest BCUT2D eigenvalue weighted by Gasteiger charge is -2.25. The molecule has 0 aliphatic carbocycles. The van der Waals surface area contributed by atoms with Gasteiger partial charge in [-0.05, 0) is 105 Å². The molecule has 3 heteroatoms. The van der Waals surface area contributed by atoms with Crippen molar-refractivity contribution >= 4 is 22.6 Å². The fraction of sp³-hybridized carbons (Fsp3) is 1.00. The highest BCUT2D eigenvalue weighted by Crippen LogP contribution is 2.29. The SMILES string of the molecule is CCOCOCCCC(C)CC(C)CC(C)CC(C)CC(C)CC(C)CCCI. The molecule has 176 valence electrons. The average Bonchev–Trinajstić information content (AvgIpc) is 2.62. The number of ether oxygens (including phenoxy) is 2. The Kier molecular flexibility index (Phi) is 19.8. The van der Waals surface area contributed by atoms with Crippen LogP contribution in [0.1, 0.15) is 106 Å². The molecule has 0 aliphatic heterocycles. The van der Waals surface area contributed by atoms with E-state index in [-0.39, 0.29) is 0 Å². The molecule has 6 unspecified atom stereocenters. The van der Waals surface area contributed by atoms with E-state index >= 15 is 0 Å². The minimum absolute atomic E-state index is 0.451. The van der Waals surface area contributed by atoms with Gasteiger partial charge in [0.1, 0.15) is 6.79 Å². The van der Waals surface area contributed by atoms with Gasteiger partial charge in [-0.1, -0.05) is 64.1 Å². The van der Waals surface area contributed by atoms with Crippen LogP contribution in [0.25, 0.3) is 0 Å². The Morgan fingerprint density at radius 3 is 1.41 bits per heavy atom. The maximum Gasteiger partial charge on any atom is 0.146 e. The van der Waals surface area contributed by atoms with Crippen molar-refractivity contribution in [2.24, 2.45) is 35.5 Å². The lowest BCUT2D eigenvalue weighted by Crippen LogP contribution is -2.13. The van der Waals surface area contributed by atoms with E-state index in [0.717, 1.165) is 55.1 Å². The second-order valence-corrected chi connectivity index (χ2v) is 11.4. The third kappa shape index (κ3) is 19.1. The predicted octanol–water partition coefficient (Wildman–Crippen LogP) is 8.76. The Morgan fingerprint density at radius 2 is 1.00 bits per heavy atom. The van der Waals surface area contributed by atoms with E-state index in [1.54, 1.807) is 0 Å². The van der Waals surface area contributed by atoms with Gasteiger partial charge in [0.25, 0.3) is 0 Å². The fourth-order valence-electron chi connectivity index (χ4n) is 5.22. The Bertz CT molecular complexity index is 350. The monoisotopic (exact) mass is 524 g/mol. The summed E-state index contributed by atoms with van der Waals surface area (Å²) >= 11 is 2.51. The van der Waals surface area contributed by atoms with Crippen molar-refractivity contribution in [1.29, 1.82) is 0 Å². The molecule has 29 heavy (non-hydrogen) atoms. The molecule has 0 aromatic heterocycles. The first-order valence-electron chi connectivity index (χ1n) is 12.5. The molecule has 0 N–H and O–H groups in total. The first-order chi connectivity index (χ1) is 13.8. The van der Waals surface area contributed by atoms with E-state index in [1.807, 2.05) is 6.92 Å². The molecule has 0 spiro atoms. The molecule has 0 saturated heterocycles. The fourth-order valence-corrected chi connectivity index (χ4v) is 5.66. The summed E-state index contributed by atoms with van der Waals surface area (Å²) in [7, 11) is 0. The Hall–Kier alpha value is 0.650. The van der Waals surface area contributed by atoms with Gasteiger partial charge in [0.2, 0.25) is 0 Å². The summed E-state index contributed by atoms with van der Waals surface area (Å²) in [4.78, 5) is 0. The van der Waals surface area contributed by atoms with Gasteiger partial charge in [0.05, 0.1) is 0 Å². The van der Waals surface area contributed by atoms with Crippen LogP contribution in [0.3, 0.4) is 0 Å². The molecule has 0 fully saturated rings. The summed E-state index contributed by atoms with van der Waals surface area (Å²) in [6, 6.07) is 0. The highest BCUT2D eigenvalue weighted by molar-refractivity contribution is 14.1. The molecule has 0 aliphatic rings. The van der Waals surface area contributed by atoms with Gasteiger partial charge in [-0.3, -0.25) is 0 Å². The van der Waals surface area contributed by atoms with Crippen molar-refractivity contribution in [2.75, 3.05) is 24.4 Å². The van der Waals surface area contributed by atoms with Crippen LogP contribution in [0.5, 0.6) is 0 Å². The van der Waals surface area contributed by atoms with Gasteiger partial charge in [-0.2, -0.15) is 0 Å². The van der Waals surface area contributed by atoms with Crippen LogP contribution in [-0.2, 0) is 9.47 Å².